The summed E-state index contributed by atoms with van der Waals surface area (Å²) in [4.78, 5) is 33.2. The summed E-state index contributed by atoms with van der Waals surface area (Å²) in [6, 6.07) is 0. The third kappa shape index (κ3) is 3.74. The lowest BCUT2D eigenvalue weighted by molar-refractivity contribution is -0.160. The van der Waals surface area contributed by atoms with Gasteiger partial charge in [0.25, 0.3) is 0 Å². The molecule has 8 heteroatoms. The average Bonchev–Trinajstić information content (AvgIpc) is 3.26. The lowest BCUT2D eigenvalue weighted by Crippen LogP contribution is -2.64. The van der Waals surface area contributed by atoms with E-state index in [1.54, 1.807) is 16.0 Å². The lowest BCUT2D eigenvalue weighted by atomic mass is 9.65. The molecule has 0 bridgehead atoms. The van der Waals surface area contributed by atoms with E-state index in [9.17, 15) is 14.7 Å². The molecule has 1 spiro atoms. The van der Waals surface area contributed by atoms with Crippen molar-refractivity contribution < 1.29 is 19.4 Å². The fourth-order valence-corrected chi connectivity index (χ4v) is 5.18. The molecular formula is C21H32N4O4. The molecule has 2 amide bonds. The van der Waals surface area contributed by atoms with Gasteiger partial charge in [-0.15, -0.1) is 0 Å². The second-order valence-electron chi connectivity index (χ2n) is 9.89. The predicted molar refractivity (Wildman–Crippen MR) is 106 cm³/mol. The summed E-state index contributed by atoms with van der Waals surface area (Å²) >= 11 is 0. The number of fused-ring (bicyclic) bond motifs is 1. The van der Waals surface area contributed by atoms with Crippen molar-refractivity contribution in [3.05, 3.63) is 18.2 Å². The maximum atomic E-state index is 12.7. The van der Waals surface area contributed by atoms with Gasteiger partial charge in [0.05, 0.1) is 18.7 Å². The molecule has 0 aromatic carbocycles. The highest BCUT2D eigenvalue weighted by atomic mass is 16.6. The largest absolute Gasteiger partial charge is 0.444 e. The van der Waals surface area contributed by atoms with Crippen LogP contribution in [0.1, 0.15) is 58.7 Å². The van der Waals surface area contributed by atoms with Crippen molar-refractivity contribution in [2.24, 2.45) is 5.41 Å². The van der Waals surface area contributed by atoms with E-state index in [2.05, 4.69) is 4.98 Å². The highest BCUT2D eigenvalue weighted by molar-refractivity contribution is 5.77. The molecule has 1 atom stereocenters. The average molecular weight is 405 g/mol. The Morgan fingerprint density at radius 1 is 1.24 bits per heavy atom. The number of carbonyl (C=O) groups is 2. The third-order valence-corrected chi connectivity index (χ3v) is 6.73. The number of amides is 2. The summed E-state index contributed by atoms with van der Waals surface area (Å²) in [5.41, 5.74) is -1.95. The van der Waals surface area contributed by atoms with Crippen molar-refractivity contribution >= 4 is 12.0 Å². The summed E-state index contributed by atoms with van der Waals surface area (Å²) in [7, 11) is 0. The van der Waals surface area contributed by atoms with Crippen molar-refractivity contribution in [3.8, 4) is 0 Å². The Balaban J connectivity index is 1.52. The van der Waals surface area contributed by atoms with Crippen LogP contribution in [0, 0.1) is 5.41 Å². The van der Waals surface area contributed by atoms with E-state index < -0.39 is 16.6 Å². The van der Waals surface area contributed by atoms with Crippen LogP contribution < -0.4 is 0 Å². The van der Waals surface area contributed by atoms with E-state index in [1.165, 1.54) is 0 Å². The molecule has 160 valence electrons. The van der Waals surface area contributed by atoms with Crippen LogP contribution in [-0.2, 0) is 22.6 Å². The van der Waals surface area contributed by atoms with Crippen LogP contribution in [0.15, 0.2) is 12.4 Å². The summed E-state index contributed by atoms with van der Waals surface area (Å²) in [6.07, 6.45) is 7.44. The number of hydrogen-bond acceptors (Lipinski definition) is 5. The number of likely N-dealkylation sites (tertiary alicyclic amines) is 1. The first-order valence-corrected chi connectivity index (χ1v) is 10.6. The van der Waals surface area contributed by atoms with Gasteiger partial charge < -0.3 is 24.2 Å². The Morgan fingerprint density at radius 3 is 2.66 bits per heavy atom. The molecule has 4 rings (SSSR count). The second kappa shape index (κ2) is 7.00. The van der Waals surface area contributed by atoms with Crippen LogP contribution in [0.25, 0.3) is 0 Å². The predicted octanol–water partition coefficient (Wildman–Crippen LogP) is 2.16. The molecule has 3 aliphatic rings. The number of aliphatic hydroxyl groups is 1. The minimum Gasteiger partial charge on any atom is -0.444 e. The normalized spacial score (nSPS) is 26.7. The van der Waals surface area contributed by atoms with Gasteiger partial charge in [-0.25, -0.2) is 9.78 Å². The summed E-state index contributed by atoms with van der Waals surface area (Å²) in [5, 5.41) is 11.8. The zero-order chi connectivity index (χ0) is 20.9. The van der Waals surface area contributed by atoms with Gasteiger partial charge in [0, 0.05) is 30.9 Å². The monoisotopic (exact) mass is 404 g/mol. The number of rotatable bonds is 2. The first-order chi connectivity index (χ1) is 13.6. The Bertz CT molecular complexity index is 793. The van der Waals surface area contributed by atoms with E-state index in [0.717, 1.165) is 31.5 Å². The third-order valence-electron chi connectivity index (χ3n) is 6.73. The van der Waals surface area contributed by atoms with Crippen LogP contribution in [0.4, 0.5) is 4.79 Å². The highest BCUT2D eigenvalue weighted by Crippen LogP contribution is 2.51. The van der Waals surface area contributed by atoms with E-state index in [-0.39, 0.29) is 18.5 Å². The van der Waals surface area contributed by atoms with Crippen molar-refractivity contribution in [1.82, 2.24) is 19.4 Å². The van der Waals surface area contributed by atoms with Crippen LogP contribution in [0.5, 0.6) is 0 Å². The van der Waals surface area contributed by atoms with E-state index in [1.807, 2.05) is 31.5 Å². The molecule has 29 heavy (non-hydrogen) atoms. The maximum Gasteiger partial charge on any atom is 0.410 e. The summed E-state index contributed by atoms with van der Waals surface area (Å²) < 4.78 is 7.44. The van der Waals surface area contributed by atoms with Crippen LogP contribution in [0.3, 0.4) is 0 Å². The first kappa shape index (κ1) is 20.2. The highest BCUT2D eigenvalue weighted by Gasteiger charge is 2.56. The number of β-amino-alcohol motifs (C(OH)–C–C–N with tert-alkyl or cyclic N) is 1. The molecule has 1 N–H and O–H groups in total. The standard InChI is InChI=1S/C21H32N4O4/c1-19(2,3)29-18(27)24-10-8-21(28,20(14-24)6-4-5-7-20)15-25-12-16-22-9-11-23(16)13-17(25)26/h9,11,28H,4-8,10,12-15H2,1-3H3. The van der Waals surface area contributed by atoms with Crippen LogP contribution in [-0.4, -0.2) is 67.3 Å². The number of ether oxygens (including phenoxy) is 1. The number of piperidine rings is 1. The fraction of sp³-hybridized carbons (Fsp3) is 0.762. The zero-order valence-corrected chi connectivity index (χ0v) is 17.7. The number of imidazole rings is 1. The molecule has 0 radical (unpaired) electrons. The molecule has 8 nitrogen and oxygen atoms in total. The minimum absolute atomic E-state index is 0.00615. The Morgan fingerprint density at radius 2 is 1.97 bits per heavy atom. The van der Waals surface area contributed by atoms with Crippen molar-refractivity contribution in [2.75, 3.05) is 19.6 Å². The van der Waals surface area contributed by atoms with Gasteiger partial charge in [-0.3, -0.25) is 4.79 Å². The van der Waals surface area contributed by atoms with Gasteiger partial charge in [-0.2, -0.15) is 0 Å². The zero-order valence-electron chi connectivity index (χ0n) is 17.7. The smallest absolute Gasteiger partial charge is 0.410 e. The molecule has 3 heterocycles. The molecule has 2 aliphatic heterocycles. The topological polar surface area (TPSA) is 87.9 Å². The molecule has 1 aromatic heterocycles. The Kier molecular flexibility index (Phi) is 4.88. The second-order valence-corrected chi connectivity index (χ2v) is 9.89. The number of hydrogen-bond donors (Lipinski definition) is 1. The lowest BCUT2D eigenvalue weighted by Gasteiger charge is -2.53. The van der Waals surface area contributed by atoms with Gasteiger partial charge in [0.1, 0.15) is 18.0 Å². The maximum absolute atomic E-state index is 12.7. The van der Waals surface area contributed by atoms with Crippen LogP contribution in [0.2, 0.25) is 0 Å². The van der Waals surface area contributed by atoms with Gasteiger partial charge in [-0.1, -0.05) is 12.8 Å². The molecule has 1 saturated carbocycles. The van der Waals surface area contributed by atoms with Gasteiger partial charge >= 0.3 is 6.09 Å². The van der Waals surface area contributed by atoms with Crippen molar-refractivity contribution in [1.29, 1.82) is 0 Å². The molecule has 1 aromatic rings. The fourth-order valence-electron chi connectivity index (χ4n) is 5.18. The van der Waals surface area contributed by atoms with Gasteiger partial charge in [0.2, 0.25) is 5.91 Å². The molecule has 1 unspecified atom stereocenters. The Labute approximate surface area is 171 Å². The number of nitrogens with zero attached hydrogens (tertiary/aromatic N) is 4. The van der Waals surface area contributed by atoms with Crippen molar-refractivity contribution in [3.63, 3.8) is 0 Å². The number of aromatic nitrogens is 2. The van der Waals surface area contributed by atoms with Crippen LogP contribution >= 0.6 is 0 Å². The minimum atomic E-state index is -1.01. The van der Waals surface area contributed by atoms with E-state index >= 15 is 0 Å². The SMILES string of the molecule is CC(C)(C)OC(=O)N1CCC(O)(CN2Cc3nccn3CC2=O)C2(CCCC2)C1. The van der Waals surface area contributed by atoms with E-state index in [4.69, 9.17) is 4.74 Å². The first-order valence-electron chi connectivity index (χ1n) is 10.6. The van der Waals surface area contributed by atoms with E-state index in [0.29, 0.717) is 32.6 Å². The quantitative estimate of drug-likeness (QED) is 0.816. The number of carbonyl (C=O) groups excluding carboxylic acids is 2. The summed E-state index contributed by atoms with van der Waals surface area (Å²) in [6.45, 7) is 7.48. The molecule has 1 aliphatic carbocycles. The Hall–Kier alpha value is -2.09. The van der Waals surface area contributed by atoms with Gasteiger partial charge in [-0.05, 0) is 40.0 Å². The summed E-state index contributed by atoms with van der Waals surface area (Å²) in [5.74, 6) is 0.853. The molecule has 1 saturated heterocycles. The molecular weight excluding hydrogens is 372 g/mol. The van der Waals surface area contributed by atoms with Gasteiger partial charge in [0.15, 0.2) is 0 Å². The van der Waals surface area contributed by atoms with Crippen molar-refractivity contribution in [2.45, 2.75) is 77.2 Å². The molecule has 2 fully saturated rings.